The smallest absolute Gasteiger partial charge is 0.254 e. The van der Waals surface area contributed by atoms with Gasteiger partial charge < -0.3 is 15.0 Å². The number of amides is 1. The molecule has 20 heavy (non-hydrogen) atoms. The molecule has 0 unspecified atom stereocenters. The van der Waals surface area contributed by atoms with Crippen LogP contribution in [0.25, 0.3) is 0 Å². The molecule has 0 aliphatic carbocycles. The second-order valence-corrected chi connectivity index (χ2v) is 5.42. The van der Waals surface area contributed by atoms with E-state index in [-0.39, 0.29) is 5.91 Å². The molecule has 1 saturated heterocycles. The highest BCUT2D eigenvalue weighted by Crippen LogP contribution is 2.29. The van der Waals surface area contributed by atoms with Crippen LogP contribution in [-0.2, 0) is 0 Å². The number of methoxy groups -OCH3 is 1. The summed E-state index contributed by atoms with van der Waals surface area (Å²) >= 11 is 0. The highest BCUT2D eigenvalue weighted by Gasteiger charge is 2.21. The van der Waals surface area contributed by atoms with Crippen LogP contribution in [0, 0.1) is 20.8 Å². The summed E-state index contributed by atoms with van der Waals surface area (Å²) in [5, 5.41) is 3.33. The molecule has 1 aliphatic rings. The van der Waals surface area contributed by atoms with Crippen LogP contribution in [0.5, 0.6) is 5.75 Å². The lowest BCUT2D eigenvalue weighted by Crippen LogP contribution is -2.34. The average Bonchev–Trinajstić information content (AvgIpc) is 2.71. The van der Waals surface area contributed by atoms with E-state index in [1.54, 1.807) is 7.11 Å². The Morgan fingerprint density at radius 2 is 1.95 bits per heavy atom. The predicted octanol–water partition coefficient (Wildman–Crippen LogP) is 2.06. The summed E-state index contributed by atoms with van der Waals surface area (Å²) in [7, 11) is 1.68. The SMILES string of the molecule is COc1c(C)cc(C(=O)N2CCCNCC2)c(C)c1C. The molecule has 0 bridgehead atoms. The first-order valence-electron chi connectivity index (χ1n) is 7.21. The normalized spacial score (nSPS) is 15.9. The zero-order chi connectivity index (χ0) is 14.7. The Morgan fingerprint density at radius 3 is 2.65 bits per heavy atom. The van der Waals surface area contributed by atoms with Gasteiger partial charge in [-0.25, -0.2) is 0 Å². The standard InChI is InChI=1S/C16H24N2O2/c1-11-10-14(12(2)13(3)15(11)20-4)16(19)18-8-5-6-17-7-9-18/h10,17H,5-9H2,1-4H3. The number of nitrogens with one attached hydrogen (secondary N) is 1. The van der Waals surface area contributed by atoms with Crippen LogP contribution in [0.2, 0.25) is 0 Å². The molecule has 1 amide bonds. The summed E-state index contributed by atoms with van der Waals surface area (Å²) in [6, 6.07) is 1.96. The Bertz CT molecular complexity index is 504. The van der Waals surface area contributed by atoms with Crippen LogP contribution < -0.4 is 10.1 Å². The Morgan fingerprint density at radius 1 is 1.20 bits per heavy atom. The van der Waals surface area contributed by atoms with Crippen molar-refractivity contribution in [2.45, 2.75) is 27.2 Å². The Hall–Kier alpha value is -1.55. The molecular weight excluding hydrogens is 252 g/mol. The van der Waals surface area contributed by atoms with Gasteiger partial charge in [-0.3, -0.25) is 4.79 Å². The van der Waals surface area contributed by atoms with Gasteiger partial charge in [0.15, 0.2) is 0 Å². The third kappa shape index (κ3) is 2.80. The van der Waals surface area contributed by atoms with E-state index >= 15 is 0 Å². The van der Waals surface area contributed by atoms with E-state index in [1.165, 1.54) is 0 Å². The Balaban J connectivity index is 2.34. The van der Waals surface area contributed by atoms with E-state index in [2.05, 4.69) is 5.32 Å². The van der Waals surface area contributed by atoms with Crippen LogP contribution in [-0.4, -0.2) is 44.1 Å². The summed E-state index contributed by atoms with van der Waals surface area (Å²) in [5.41, 5.74) is 3.91. The lowest BCUT2D eigenvalue weighted by atomic mass is 9.97. The second kappa shape index (κ2) is 6.27. The quantitative estimate of drug-likeness (QED) is 0.899. The van der Waals surface area contributed by atoms with Gasteiger partial charge in [0.1, 0.15) is 5.75 Å². The first-order valence-corrected chi connectivity index (χ1v) is 7.21. The molecule has 1 heterocycles. The molecular formula is C16H24N2O2. The molecule has 1 fully saturated rings. The molecule has 0 saturated carbocycles. The van der Waals surface area contributed by atoms with Crippen molar-refractivity contribution in [1.82, 2.24) is 10.2 Å². The fourth-order valence-corrected chi connectivity index (χ4v) is 2.81. The van der Waals surface area contributed by atoms with E-state index in [9.17, 15) is 4.79 Å². The summed E-state index contributed by atoms with van der Waals surface area (Å²) < 4.78 is 5.42. The zero-order valence-electron chi connectivity index (χ0n) is 12.9. The van der Waals surface area contributed by atoms with Crippen molar-refractivity contribution in [2.75, 3.05) is 33.3 Å². The van der Waals surface area contributed by atoms with Gasteiger partial charge in [-0.2, -0.15) is 0 Å². The minimum absolute atomic E-state index is 0.139. The van der Waals surface area contributed by atoms with Crippen LogP contribution in [0.4, 0.5) is 0 Å². The summed E-state index contributed by atoms with van der Waals surface area (Å²) in [6.07, 6.45) is 1.01. The molecule has 2 rings (SSSR count). The van der Waals surface area contributed by atoms with E-state index in [0.29, 0.717) is 0 Å². The third-order valence-electron chi connectivity index (χ3n) is 4.09. The number of ether oxygens (including phenoxy) is 1. The van der Waals surface area contributed by atoms with Gasteiger partial charge in [0, 0.05) is 25.2 Å². The largest absolute Gasteiger partial charge is 0.496 e. The summed E-state index contributed by atoms with van der Waals surface area (Å²) in [5.74, 6) is 1.02. The zero-order valence-corrected chi connectivity index (χ0v) is 12.9. The molecule has 1 N–H and O–H groups in total. The lowest BCUT2D eigenvalue weighted by Gasteiger charge is -2.23. The number of aryl methyl sites for hydroxylation is 1. The van der Waals surface area contributed by atoms with E-state index in [1.807, 2.05) is 31.7 Å². The number of hydrogen-bond acceptors (Lipinski definition) is 3. The summed E-state index contributed by atoms with van der Waals surface area (Å²) in [6.45, 7) is 9.48. The topological polar surface area (TPSA) is 41.6 Å². The maximum atomic E-state index is 12.7. The minimum atomic E-state index is 0.139. The molecule has 0 aromatic heterocycles. The minimum Gasteiger partial charge on any atom is -0.496 e. The highest BCUT2D eigenvalue weighted by atomic mass is 16.5. The maximum absolute atomic E-state index is 12.7. The monoisotopic (exact) mass is 276 g/mol. The van der Waals surface area contributed by atoms with Crippen molar-refractivity contribution in [3.63, 3.8) is 0 Å². The number of carbonyl (C=O) groups is 1. The Kier molecular flexibility index (Phi) is 4.65. The third-order valence-corrected chi connectivity index (χ3v) is 4.09. The number of carbonyl (C=O) groups excluding carboxylic acids is 1. The van der Waals surface area contributed by atoms with Crippen molar-refractivity contribution in [2.24, 2.45) is 0 Å². The number of nitrogens with zero attached hydrogens (tertiary/aromatic N) is 1. The van der Waals surface area contributed by atoms with Gasteiger partial charge in [0.2, 0.25) is 0 Å². The first-order chi connectivity index (χ1) is 9.56. The van der Waals surface area contributed by atoms with E-state index < -0.39 is 0 Å². The van der Waals surface area contributed by atoms with E-state index in [4.69, 9.17) is 4.74 Å². The van der Waals surface area contributed by atoms with Crippen molar-refractivity contribution in [3.05, 3.63) is 28.3 Å². The molecule has 110 valence electrons. The van der Waals surface area contributed by atoms with Gasteiger partial charge >= 0.3 is 0 Å². The average molecular weight is 276 g/mol. The fraction of sp³-hybridized carbons (Fsp3) is 0.562. The van der Waals surface area contributed by atoms with Crippen molar-refractivity contribution in [3.8, 4) is 5.75 Å². The number of hydrogen-bond donors (Lipinski definition) is 1. The number of rotatable bonds is 2. The first kappa shape index (κ1) is 14.9. The van der Waals surface area contributed by atoms with Crippen LogP contribution in [0.1, 0.15) is 33.5 Å². The fourth-order valence-electron chi connectivity index (χ4n) is 2.81. The highest BCUT2D eigenvalue weighted by molar-refractivity contribution is 5.96. The van der Waals surface area contributed by atoms with Gasteiger partial charge in [0.05, 0.1) is 7.11 Å². The molecule has 1 aromatic carbocycles. The van der Waals surface area contributed by atoms with Crippen molar-refractivity contribution < 1.29 is 9.53 Å². The molecule has 4 heteroatoms. The van der Waals surface area contributed by atoms with E-state index in [0.717, 1.165) is 60.6 Å². The predicted molar refractivity (Wildman–Crippen MR) is 80.6 cm³/mol. The van der Waals surface area contributed by atoms with Crippen molar-refractivity contribution >= 4 is 5.91 Å². The lowest BCUT2D eigenvalue weighted by molar-refractivity contribution is 0.0765. The van der Waals surface area contributed by atoms with Crippen LogP contribution >= 0.6 is 0 Å². The van der Waals surface area contributed by atoms with Gasteiger partial charge in [-0.05, 0) is 56.5 Å². The molecule has 0 radical (unpaired) electrons. The molecule has 0 spiro atoms. The summed E-state index contributed by atoms with van der Waals surface area (Å²) in [4.78, 5) is 14.7. The van der Waals surface area contributed by atoms with Gasteiger partial charge in [0.25, 0.3) is 5.91 Å². The van der Waals surface area contributed by atoms with Gasteiger partial charge in [-0.15, -0.1) is 0 Å². The molecule has 1 aliphatic heterocycles. The molecule has 4 nitrogen and oxygen atoms in total. The van der Waals surface area contributed by atoms with Crippen molar-refractivity contribution in [1.29, 1.82) is 0 Å². The van der Waals surface area contributed by atoms with Gasteiger partial charge in [-0.1, -0.05) is 0 Å². The molecule has 0 atom stereocenters. The molecule has 1 aromatic rings. The number of benzene rings is 1. The second-order valence-electron chi connectivity index (χ2n) is 5.42. The van der Waals surface area contributed by atoms with Crippen LogP contribution in [0.15, 0.2) is 6.07 Å². The Labute approximate surface area is 121 Å². The maximum Gasteiger partial charge on any atom is 0.254 e. The van der Waals surface area contributed by atoms with Crippen LogP contribution in [0.3, 0.4) is 0 Å².